The van der Waals surface area contributed by atoms with Crippen molar-refractivity contribution >= 4 is 88.0 Å². The second-order valence-electron chi connectivity index (χ2n) is 13.1. The zero-order chi connectivity index (χ0) is 31.8. The standard InChI is InChI=1S/C45H32N2O/c1-29-9-8-14-34(23-29)47-42-16-7-6-15-38(42)40-27-36(20-22-43(40)47)46(35-18-17-30-10-2-3-11-31(30)24-35)37-19-21-39-41-25-32-12-4-5-13-33(32)26-44(41)48-45(39)28-37/h2-8,10-29H,9H2,1H3. The van der Waals surface area contributed by atoms with Crippen molar-refractivity contribution < 1.29 is 4.42 Å². The number of aromatic nitrogens is 1. The van der Waals surface area contributed by atoms with Gasteiger partial charge in [0, 0.05) is 50.4 Å². The molecule has 48 heavy (non-hydrogen) atoms. The molecule has 1 atom stereocenters. The molecule has 228 valence electrons. The fourth-order valence-electron chi connectivity index (χ4n) is 7.70. The van der Waals surface area contributed by atoms with E-state index in [0.29, 0.717) is 5.92 Å². The maximum atomic E-state index is 6.56. The van der Waals surface area contributed by atoms with Crippen LogP contribution in [-0.4, -0.2) is 4.57 Å². The highest BCUT2D eigenvalue weighted by molar-refractivity contribution is 6.13. The fourth-order valence-corrected chi connectivity index (χ4v) is 7.70. The van der Waals surface area contributed by atoms with Gasteiger partial charge in [-0.2, -0.15) is 0 Å². The lowest BCUT2D eigenvalue weighted by Crippen LogP contribution is -2.10. The van der Waals surface area contributed by atoms with Crippen molar-refractivity contribution in [2.24, 2.45) is 5.92 Å². The number of anilines is 3. The molecule has 0 N–H and O–H groups in total. The molecule has 0 saturated heterocycles. The second kappa shape index (κ2) is 10.5. The fraction of sp³-hybridized carbons (Fsp3) is 0.0667. The molecule has 0 fully saturated rings. The molecule has 2 heterocycles. The van der Waals surface area contributed by atoms with Gasteiger partial charge >= 0.3 is 0 Å². The highest BCUT2D eigenvalue weighted by Gasteiger charge is 2.20. The van der Waals surface area contributed by atoms with Gasteiger partial charge in [0.2, 0.25) is 0 Å². The van der Waals surface area contributed by atoms with E-state index in [9.17, 15) is 0 Å². The predicted octanol–water partition coefficient (Wildman–Crippen LogP) is 12.9. The second-order valence-corrected chi connectivity index (χ2v) is 13.1. The number of hydrogen-bond acceptors (Lipinski definition) is 2. The molecule has 3 heteroatoms. The number of hydrogen-bond donors (Lipinski definition) is 0. The molecule has 0 bridgehead atoms. The maximum absolute atomic E-state index is 6.56. The Morgan fingerprint density at radius 2 is 1.19 bits per heavy atom. The van der Waals surface area contributed by atoms with Crippen molar-refractivity contribution in [1.82, 2.24) is 4.57 Å². The minimum Gasteiger partial charge on any atom is -0.456 e. The molecule has 9 aromatic rings. The predicted molar refractivity (Wildman–Crippen MR) is 204 cm³/mol. The first-order chi connectivity index (χ1) is 23.7. The third-order valence-corrected chi connectivity index (χ3v) is 10.00. The smallest absolute Gasteiger partial charge is 0.137 e. The lowest BCUT2D eigenvalue weighted by atomic mass is 10.0. The summed E-state index contributed by atoms with van der Waals surface area (Å²) in [7, 11) is 0. The summed E-state index contributed by atoms with van der Waals surface area (Å²) in [4.78, 5) is 2.36. The normalized spacial score (nSPS) is 14.9. The van der Waals surface area contributed by atoms with Crippen LogP contribution in [0.1, 0.15) is 13.3 Å². The molecule has 0 spiro atoms. The van der Waals surface area contributed by atoms with Crippen molar-refractivity contribution in [2.45, 2.75) is 13.3 Å². The number of para-hydroxylation sites is 1. The molecular weight excluding hydrogens is 585 g/mol. The summed E-state index contributed by atoms with van der Waals surface area (Å²) in [6.07, 6.45) is 8.05. The van der Waals surface area contributed by atoms with E-state index in [0.717, 1.165) is 45.4 Å². The van der Waals surface area contributed by atoms with Gasteiger partial charge in [-0.25, -0.2) is 0 Å². The van der Waals surface area contributed by atoms with Gasteiger partial charge in [0.15, 0.2) is 0 Å². The molecule has 0 amide bonds. The van der Waals surface area contributed by atoms with Crippen molar-refractivity contribution in [3.8, 4) is 0 Å². The molecular formula is C45H32N2O. The minimum absolute atomic E-state index is 0.510. The molecule has 1 aliphatic carbocycles. The summed E-state index contributed by atoms with van der Waals surface area (Å²) >= 11 is 0. The highest BCUT2D eigenvalue weighted by Crippen LogP contribution is 2.43. The van der Waals surface area contributed by atoms with Gasteiger partial charge in [-0.3, -0.25) is 0 Å². The third-order valence-electron chi connectivity index (χ3n) is 10.00. The van der Waals surface area contributed by atoms with E-state index in [1.165, 1.54) is 49.0 Å². The van der Waals surface area contributed by atoms with E-state index in [-0.39, 0.29) is 0 Å². The van der Waals surface area contributed by atoms with Crippen LogP contribution in [0.2, 0.25) is 0 Å². The number of fused-ring (bicyclic) bond motifs is 8. The van der Waals surface area contributed by atoms with Gasteiger partial charge in [0.1, 0.15) is 11.2 Å². The largest absolute Gasteiger partial charge is 0.456 e. The van der Waals surface area contributed by atoms with E-state index in [1.54, 1.807) is 0 Å². The van der Waals surface area contributed by atoms with Crippen LogP contribution in [-0.2, 0) is 0 Å². The Bertz CT molecular complexity index is 2790. The van der Waals surface area contributed by atoms with E-state index >= 15 is 0 Å². The topological polar surface area (TPSA) is 21.3 Å². The number of nitrogens with zero attached hydrogens (tertiary/aromatic N) is 2. The van der Waals surface area contributed by atoms with Crippen molar-refractivity contribution in [3.63, 3.8) is 0 Å². The van der Waals surface area contributed by atoms with Crippen LogP contribution < -0.4 is 4.90 Å². The van der Waals surface area contributed by atoms with Crippen LogP contribution >= 0.6 is 0 Å². The Balaban J connectivity index is 1.20. The monoisotopic (exact) mass is 616 g/mol. The molecule has 7 aromatic carbocycles. The first-order valence-corrected chi connectivity index (χ1v) is 16.7. The third kappa shape index (κ3) is 4.21. The molecule has 3 nitrogen and oxygen atoms in total. The van der Waals surface area contributed by atoms with Crippen molar-refractivity contribution in [1.29, 1.82) is 0 Å². The Kier molecular flexibility index (Phi) is 5.91. The van der Waals surface area contributed by atoms with Gasteiger partial charge in [-0.05, 0) is 101 Å². The first-order valence-electron chi connectivity index (χ1n) is 16.7. The van der Waals surface area contributed by atoms with E-state index in [2.05, 4.69) is 174 Å². The van der Waals surface area contributed by atoms with Crippen LogP contribution in [0.5, 0.6) is 0 Å². The summed E-state index contributed by atoms with van der Waals surface area (Å²) in [5, 5.41) is 9.58. The van der Waals surface area contributed by atoms with Gasteiger partial charge in [-0.1, -0.05) is 91.9 Å². The Morgan fingerprint density at radius 1 is 0.542 bits per heavy atom. The summed E-state index contributed by atoms with van der Waals surface area (Å²) < 4.78 is 8.98. The lowest BCUT2D eigenvalue weighted by Gasteiger charge is -2.26. The Morgan fingerprint density at radius 3 is 2.04 bits per heavy atom. The molecule has 10 rings (SSSR count). The molecule has 2 aromatic heterocycles. The minimum atomic E-state index is 0.510. The first kappa shape index (κ1) is 27.1. The summed E-state index contributed by atoms with van der Waals surface area (Å²) in [6, 6.07) is 50.5. The molecule has 0 radical (unpaired) electrons. The summed E-state index contributed by atoms with van der Waals surface area (Å²) in [6.45, 7) is 2.29. The maximum Gasteiger partial charge on any atom is 0.137 e. The van der Waals surface area contributed by atoms with Gasteiger partial charge in [0.05, 0.1) is 11.0 Å². The van der Waals surface area contributed by atoms with E-state index in [4.69, 9.17) is 4.42 Å². The Labute approximate surface area is 278 Å². The Hall–Kier alpha value is -6.06. The molecule has 1 unspecified atom stereocenters. The zero-order valence-electron chi connectivity index (χ0n) is 26.6. The van der Waals surface area contributed by atoms with Gasteiger partial charge < -0.3 is 13.9 Å². The van der Waals surface area contributed by atoms with Crippen LogP contribution in [0.15, 0.2) is 162 Å². The van der Waals surface area contributed by atoms with E-state index < -0.39 is 0 Å². The van der Waals surface area contributed by atoms with Gasteiger partial charge in [0.25, 0.3) is 0 Å². The molecule has 0 saturated carbocycles. The van der Waals surface area contributed by atoms with Crippen LogP contribution in [0.25, 0.3) is 71.0 Å². The van der Waals surface area contributed by atoms with Crippen LogP contribution in [0, 0.1) is 5.92 Å². The number of rotatable bonds is 4. The van der Waals surface area contributed by atoms with Gasteiger partial charge in [-0.15, -0.1) is 0 Å². The quantitative estimate of drug-likeness (QED) is 0.196. The summed E-state index contributed by atoms with van der Waals surface area (Å²) in [5.41, 5.74) is 8.72. The number of benzene rings is 7. The average Bonchev–Trinajstić information content (AvgIpc) is 3.65. The number of allylic oxidation sites excluding steroid dienone is 4. The lowest BCUT2D eigenvalue weighted by molar-refractivity contribution is 0.669. The highest BCUT2D eigenvalue weighted by atomic mass is 16.3. The number of furan rings is 1. The van der Waals surface area contributed by atoms with Crippen LogP contribution in [0.3, 0.4) is 0 Å². The van der Waals surface area contributed by atoms with E-state index in [1.807, 2.05) is 0 Å². The van der Waals surface area contributed by atoms with Crippen molar-refractivity contribution in [2.75, 3.05) is 4.90 Å². The molecule has 0 aliphatic heterocycles. The van der Waals surface area contributed by atoms with Crippen molar-refractivity contribution in [3.05, 3.63) is 158 Å². The zero-order valence-corrected chi connectivity index (χ0v) is 26.6. The van der Waals surface area contributed by atoms with Crippen LogP contribution in [0.4, 0.5) is 17.1 Å². The molecule has 1 aliphatic rings. The average molecular weight is 617 g/mol. The summed E-state index contributed by atoms with van der Waals surface area (Å²) in [5.74, 6) is 0.510. The SMILES string of the molecule is CC1C=C(n2c3ccccc3c3cc(N(c4ccc5ccccc5c4)c4ccc5c(c4)oc4cc6ccccc6cc45)ccc32)C=CC1.